The van der Waals surface area contributed by atoms with Crippen LogP contribution < -0.4 is 9.47 Å². The summed E-state index contributed by atoms with van der Waals surface area (Å²) in [7, 11) is 0. The molecular formula is C15H3I3O7. The first-order valence-electron chi connectivity index (χ1n) is 6.53. The molecule has 0 saturated carbocycles. The summed E-state index contributed by atoms with van der Waals surface area (Å²) in [5, 5.41) is 9.31. The largest absolute Gasteiger partial charge is 0.478 e. The number of aromatic carboxylic acids is 1. The standard InChI is InChI=1S/C15H3I3O7/c16-3-1-4(8(18)5(17)2-3)14(21)24-11-9-6(13(19)20)7-10(23-9)12(11)25-15(7)22/h1-2H,(H,19,20). The van der Waals surface area contributed by atoms with Gasteiger partial charge in [-0.3, -0.25) is 0 Å². The monoisotopic (exact) mass is 676 g/mol. The molecule has 1 aliphatic rings. The molecule has 25 heavy (non-hydrogen) atoms. The summed E-state index contributed by atoms with van der Waals surface area (Å²) in [6.45, 7) is 0. The van der Waals surface area contributed by atoms with Gasteiger partial charge in [-0.05, 0) is 79.9 Å². The minimum absolute atomic E-state index is 0.00730. The molecule has 0 unspecified atom stereocenters. The number of rotatable bonds is 3. The van der Waals surface area contributed by atoms with Gasteiger partial charge in [-0.1, -0.05) is 0 Å². The zero-order chi connectivity index (χ0) is 18.0. The Bertz CT molecular complexity index is 1100. The summed E-state index contributed by atoms with van der Waals surface area (Å²) in [5.41, 5.74) is -0.357. The highest BCUT2D eigenvalue weighted by atomic mass is 127. The van der Waals surface area contributed by atoms with E-state index in [1.807, 2.05) is 28.7 Å². The topological polar surface area (TPSA) is 103 Å². The number of carboxylic acids is 1. The Morgan fingerprint density at radius 3 is 2.52 bits per heavy atom. The van der Waals surface area contributed by atoms with Crippen molar-refractivity contribution in [2.24, 2.45) is 0 Å². The van der Waals surface area contributed by atoms with Crippen LogP contribution in [0.4, 0.5) is 0 Å². The van der Waals surface area contributed by atoms with E-state index < -0.39 is 17.9 Å². The van der Waals surface area contributed by atoms with E-state index in [0.29, 0.717) is 9.13 Å². The molecule has 2 aromatic heterocycles. The van der Waals surface area contributed by atoms with Gasteiger partial charge in [0, 0.05) is 10.7 Å². The molecule has 7 nitrogen and oxygen atoms in total. The van der Waals surface area contributed by atoms with Gasteiger partial charge in [0.05, 0.1) is 5.56 Å². The minimum atomic E-state index is -1.36. The van der Waals surface area contributed by atoms with Crippen molar-refractivity contribution in [1.29, 1.82) is 0 Å². The lowest BCUT2D eigenvalue weighted by Crippen LogP contribution is -2.12. The molecule has 1 aliphatic heterocycles. The van der Waals surface area contributed by atoms with Gasteiger partial charge >= 0.3 is 17.9 Å². The second-order valence-corrected chi connectivity index (χ2v) is 8.49. The van der Waals surface area contributed by atoms with Crippen molar-refractivity contribution in [3.05, 3.63) is 39.5 Å². The van der Waals surface area contributed by atoms with Crippen LogP contribution in [0, 0.1) is 10.7 Å². The average molecular weight is 676 g/mol. The van der Waals surface area contributed by atoms with Crippen molar-refractivity contribution in [3.63, 3.8) is 0 Å². The molecule has 0 radical (unpaired) electrons. The Morgan fingerprint density at radius 2 is 1.84 bits per heavy atom. The quantitative estimate of drug-likeness (QED) is 0.193. The number of ether oxygens (including phenoxy) is 2. The van der Waals surface area contributed by atoms with Crippen LogP contribution in [0.5, 0.6) is 11.5 Å². The molecule has 0 amide bonds. The number of halogens is 3. The first-order valence-corrected chi connectivity index (χ1v) is 9.77. The van der Waals surface area contributed by atoms with Crippen molar-refractivity contribution in [1.82, 2.24) is 0 Å². The summed E-state index contributed by atoms with van der Waals surface area (Å²) in [6.07, 6.45) is 0. The fourth-order valence-electron chi connectivity index (χ4n) is 2.54. The Morgan fingerprint density at radius 1 is 1.12 bits per heavy atom. The lowest BCUT2D eigenvalue weighted by molar-refractivity contribution is 0.0678. The number of carbonyl (C=O) groups excluding carboxylic acids is 2. The van der Waals surface area contributed by atoms with Gasteiger partial charge in [-0.2, -0.15) is 0 Å². The third-order valence-corrected chi connectivity index (χ3v) is 7.22. The van der Waals surface area contributed by atoms with E-state index in [1.165, 1.54) is 0 Å². The van der Waals surface area contributed by atoms with E-state index in [-0.39, 0.29) is 33.8 Å². The summed E-state index contributed by atoms with van der Waals surface area (Å²) >= 11 is 6.21. The van der Waals surface area contributed by atoms with Crippen molar-refractivity contribution >= 4 is 96.8 Å². The zero-order valence-corrected chi connectivity index (χ0v) is 18.2. The molecule has 0 spiro atoms. The molecule has 2 bridgehead atoms. The van der Waals surface area contributed by atoms with E-state index >= 15 is 0 Å². The van der Waals surface area contributed by atoms with Crippen molar-refractivity contribution < 1.29 is 33.4 Å². The zero-order valence-electron chi connectivity index (χ0n) is 11.7. The summed E-state index contributed by atoms with van der Waals surface area (Å²) in [5.74, 6) is -3.12. The second-order valence-electron chi connectivity index (χ2n) is 5.00. The first-order chi connectivity index (χ1) is 11.8. The van der Waals surface area contributed by atoms with Crippen LogP contribution in [-0.4, -0.2) is 23.0 Å². The van der Waals surface area contributed by atoms with E-state index in [2.05, 4.69) is 45.2 Å². The van der Waals surface area contributed by atoms with E-state index in [4.69, 9.17) is 13.9 Å². The van der Waals surface area contributed by atoms with Crippen molar-refractivity contribution in [2.75, 3.05) is 0 Å². The molecule has 126 valence electrons. The molecule has 3 heterocycles. The number of hydrogen-bond acceptors (Lipinski definition) is 6. The van der Waals surface area contributed by atoms with Gasteiger partial charge in [0.2, 0.25) is 11.5 Å². The maximum absolute atomic E-state index is 12.6. The number of hydrogen-bond donors (Lipinski definition) is 1. The average Bonchev–Trinajstić information content (AvgIpc) is 3.13. The van der Waals surface area contributed by atoms with Gasteiger partial charge in [-0.25, -0.2) is 14.4 Å². The molecule has 0 saturated heterocycles. The Balaban J connectivity index is 1.80. The van der Waals surface area contributed by atoms with Crippen LogP contribution in [-0.2, 0) is 0 Å². The van der Waals surface area contributed by atoms with Crippen LogP contribution in [0.15, 0.2) is 16.5 Å². The molecule has 1 N–H and O–H groups in total. The lowest BCUT2D eigenvalue weighted by atomic mass is 10.1. The number of carboxylic acid groups (broad SMARTS) is 1. The SMILES string of the molecule is O=C(Oc1c2c3oc1c(C(=O)O)c3C(=O)O2)c1cc(I)cc(I)c1I. The smallest absolute Gasteiger partial charge is 0.348 e. The minimum Gasteiger partial charge on any atom is -0.478 e. The predicted octanol–water partition coefficient (Wildman–Crippen LogP) is 4.13. The van der Waals surface area contributed by atoms with Crippen LogP contribution in [0.2, 0.25) is 0 Å². The predicted molar refractivity (Wildman–Crippen MR) is 109 cm³/mol. The lowest BCUT2D eigenvalue weighted by Gasteiger charge is -2.08. The van der Waals surface area contributed by atoms with Gasteiger partial charge in [0.25, 0.3) is 0 Å². The number of furan rings is 2. The third-order valence-electron chi connectivity index (χ3n) is 3.55. The summed E-state index contributed by atoms with van der Waals surface area (Å²) < 4.78 is 18.1. The van der Waals surface area contributed by atoms with Crippen molar-refractivity contribution in [2.45, 2.75) is 0 Å². The van der Waals surface area contributed by atoms with Gasteiger partial charge < -0.3 is 19.0 Å². The molecule has 1 aromatic carbocycles. The number of fused-ring (bicyclic) bond motifs is 1. The van der Waals surface area contributed by atoms with Crippen LogP contribution in [0.1, 0.15) is 31.1 Å². The van der Waals surface area contributed by atoms with Crippen LogP contribution in [0.25, 0.3) is 11.2 Å². The highest BCUT2D eigenvalue weighted by Crippen LogP contribution is 2.52. The van der Waals surface area contributed by atoms with Gasteiger partial charge in [-0.15, -0.1) is 0 Å². The fraction of sp³-hybridized carbons (Fsp3) is 0. The van der Waals surface area contributed by atoms with E-state index in [1.54, 1.807) is 6.07 Å². The first kappa shape index (κ1) is 17.3. The fourth-order valence-corrected chi connectivity index (χ4v) is 4.91. The Labute approximate surface area is 179 Å². The highest BCUT2D eigenvalue weighted by Gasteiger charge is 2.43. The number of esters is 2. The molecule has 0 atom stereocenters. The second kappa shape index (κ2) is 5.94. The number of benzene rings is 2. The molecule has 0 aliphatic carbocycles. The molecule has 0 fully saturated rings. The van der Waals surface area contributed by atoms with E-state index in [0.717, 1.165) is 7.14 Å². The summed E-state index contributed by atoms with van der Waals surface area (Å²) in [4.78, 5) is 35.8. The molecule has 3 aromatic rings. The Hall–Kier alpha value is -1.16. The molecule has 10 heteroatoms. The summed E-state index contributed by atoms with van der Waals surface area (Å²) in [6, 6.07) is 3.56. The maximum atomic E-state index is 12.6. The molecule has 4 rings (SSSR count). The van der Waals surface area contributed by atoms with Gasteiger partial charge in [0.1, 0.15) is 11.1 Å². The van der Waals surface area contributed by atoms with Crippen molar-refractivity contribution in [3.8, 4) is 11.5 Å². The normalized spacial score (nSPS) is 12.7. The van der Waals surface area contributed by atoms with Crippen LogP contribution >= 0.6 is 67.8 Å². The Kier molecular flexibility index (Phi) is 4.10. The van der Waals surface area contributed by atoms with E-state index in [9.17, 15) is 19.5 Å². The highest BCUT2D eigenvalue weighted by molar-refractivity contribution is 14.1. The van der Waals surface area contributed by atoms with Gasteiger partial charge in [0.15, 0.2) is 11.2 Å². The third kappa shape index (κ3) is 2.51. The maximum Gasteiger partial charge on any atom is 0.348 e. The van der Waals surface area contributed by atoms with Crippen LogP contribution in [0.3, 0.4) is 0 Å². The number of carbonyl (C=O) groups is 3. The molecular weight excluding hydrogens is 673 g/mol.